The summed E-state index contributed by atoms with van der Waals surface area (Å²) >= 11 is 6.08. The Morgan fingerprint density at radius 3 is 2.65 bits per heavy atom. The summed E-state index contributed by atoms with van der Waals surface area (Å²) < 4.78 is 27.7. The van der Waals surface area contributed by atoms with E-state index in [1.165, 1.54) is 0 Å². The van der Waals surface area contributed by atoms with Gasteiger partial charge in [0.15, 0.2) is 0 Å². The van der Waals surface area contributed by atoms with Crippen molar-refractivity contribution in [2.75, 3.05) is 11.9 Å². The maximum absolute atomic E-state index is 14.1. The molecule has 2 amide bonds. The van der Waals surface area contributed by atoms with Gasteiger partial charge in [-0.3, -0.25) is 0 Å². The van der Waals surface area contributed by atoms with E-state index < -0.39 is 23.7 Å². The number of carbonyl (C=O) groups excluding carboxylic acids is 1. The van der Waals surface area contributed by atoms with Crippen LogP contribution in [0.25, 0.3) is 10.9 Å². The number of hydrogen-bond donors (Lipinski definition) is 2. The number of amides is 2. The molecular formula is C24H18ClF2N3O. The lowest BCUT2D eigenvalue weighted by molar-refractivity contribution is 0.193. The molecule has 0 bridgehead atoms. The van der Waals surface area contributed by atoms with Gasteiger partial charge in [0.2, 0.25) is 0 Å². The lowest BCUT2D eigenvalue weighted by Crippen LogP contribution is -2.43. The SMILES string of the molecule is O=C(Nc1cc(F)ccc1F)N1CCc2c([nH]c3ccccc23)[C@H]1c1ccc(Cl)cc1. The molecule has 0 saturated heterocycles. The van der Waals surface area contributed by atoms with Crippen molar-refractivity contribution in [1.82, 2.24) is 9.88 Å². The van der Waals surface area contributed by atoms with Crippen molar-refractivity contribution < 1.29 is 13.6 Å². The van der Waals surface area contributed by atoms with Gasteiger partial charge in [-0.05, 0) is 47.9 Å². The summed E-state index contributed by atoms with van der Waals surface area (Å²) in [6, 6.07) is 17.3. The van der Waals surface area contributed by atoms with E-state index in [9.17, 15) is 13.6 Å². The van der Waals surface area contributed by atoms with E-state index in [4.69, 9.17) is 11.6 Å². The highest BCUT2D eigenvalue weighted by Gasteiger charge is 2.34. The molecule has 1 aliphatic heterocycles. The molecule has 0 spiro atoms. The average molecular weight is 438 g/mol. The maximum atomic E-state index is 14.1. The fourth-order valence-corrected chi connectivity index (χ4v) is 4.36. The summed E-state index contributed by atoms with van der Waals surface area (Å²) in [7, 11) is 0. The van der Waals surface area contributed by atoms with Gasteiger partial charge in [0, 0.05) is 34.2 Å². The summed E-state index contributed by atoms with van der Waals surface area (Å²) in [5.74, 6) is -1.32. The molecule has 0 radical (unpaired) electrons. The largest absolute Gasteiger partial charge is 0.356 e. The van der Waals surface area contributed by atoms with Crippen LogP contribution in [0.5, 0.6) is 0 Å². The van der Waals surface area contributed by atoms with Gasteiger partial charge in [0.05, 0.1) is 11.7 Å². The predicted octanol–water partition coefficient (Wildman–Crippen LogP) is 6.28. The average Bonchev–Trinajstić information content (AvgIpc) is 3.15. The first-order valence-corrected chi connectivity index (χ1v) is 10.3. The number of hydrogen-bond acceptors (Lipinski definition) is 1. The molecule has 0 fully saturated rings. The van der Waals surface area contributed by atoms with Crippen LogP contribution in [0, 0.1) is 11.6 Å². The second-order valence-corrected chi connectivity index (χ2v) is 7.95. The first-order chi connectivity index (χ1) is 15.0. The van der Waals surface area contributed by atoms with Gasteiger partial charge in [-0.2, -0.15) is 0 Å². The minimum atomic E-state index is -0.693. The highest BCUT2D eigenvalue weighted by molar-refractivity contribution is 6.30. The Morgan fingerprint density at radius 1 is 1.06 bits per heavy atom. The quantitative estimate of drug-likeness (QED) is 0.381. The van der Waals surface area contributed by atoms with Gasteiger partial charge in [-0.15, -0.1) is 0 Å². The molecule has 0 aliphatic carbocycles. The molecule has 2 N–H and O–H groups in total. The molecule has 3 aromatic carbocycles. The number of aromatic nitrogens is 1. The number of carbonyl (C=O) groups is 1. The molecule has 1 aromatic heterocycles. The van der Waals surface area contributed by atoms with Gasteiger partial charge < -0.3 is 15.2 Å². The van der Waals surface area contributed by atoms with Crippen molar-refractivity contribution in [2.24, 2.45) is 0 Å². The zero-order chi connectivity index (χ0) is 21.5. The number of nitrogens with one attached hydrogen (secondary N) is 2. The summed E-state index contributed by atoms with van der Waals surface area (Å²) in [4.78, 5) is 18.3. The molecule has 1 aliphatic rings. The number of urea groups is 1. The van der Waals surface area contributed by atoms with Crippen molar-refractivity contribution in [2.45, 2.75) is 12.5 Å². The van der Waals surface area contributed by atoms with Crippen LogP contribution in [0.1, 0.15) is 22.9 Å². The fourth-order valence-electron chi connectivity index (χ4n) is 4.23. The zero-order valence-corrected chi connectivity index (χ0v) is 17.1. The van der Waals surface area contributed by atoms with Crippen LogP contribution in [0.4, 0.5) is 19.3 Å². The normalized spacial score (nSPS) is 15.7. The molecule has 156 valence electrons. The molecule has 0 unspecified atom stereocenters. The Bertz CT molecular complexity index is 1290. The third-order valence-corrected chi connectivity index (χ3v) is 5.90. The van der Waals surface area contributed by atoms with Gasteiger partial charge in [-0.1, -0.05) is 41.9 Å². The zero-order valence-electron chi connectivity index (χ0n) is 16.3. The Hall–Kier alpha value is -3.38. The summed E-state index contributed by atoms with van der Waals surface area (Å²) in [5, 5.41) is 4.24. The van der Waals surface area contributed by atoms with Crippen LogP contribution in [0.15, 0.2) is 66.7 Å². The van der Waals surface area contributed by atoms with Gasteiger partial charge in [0.25, 0.3) is 0 Å². The van der Waals surface area contributed by atoms with Crippen molar-refractivity contribution in [3.63, 3.8) is 0 Å². The Morgan fingerprint density at radius 2 is 1.84 bits per heavy atom. The van der Waals surface area contributed by atoms with Crippen molar-refractivity contribution >= 4 is 34.2 Å². The lowest BCUT2D eigenvalue weighted by atomic mass is 9.92. The number of aromatic amines is 1. The second-order valence-electron chi connectivity index (χ2n) is 7.51. The van der Waals surface area contributed by atoms with Crippen LogP contribution >= 0.6 is 11.6 Å². The van der Waals surface area contributed by atoms with E-state index in [1.54, 1.807) is 17.0 Å². The summed E-state index contributed by atoms with van der Waals surface area (Å²) in [5.41, 5.74) is 3.72. The Labute approximate surface area is 182 Å². The predicted molar refractivity (Wildman–Crippen MR) is 117 cm³/mol. The van der Waals surface area contributed by atoms with Crippen molar-refractivity contribution in [3.8, 4) is 0 Å². The molecule has 5 rings (SSSR count). The Kier molecular flexibility index (Phi) is 4.87. The van der Waals surface area contributed by atoms with E-state index in [-0.39, 0.29) is 5.69 Å². The summed E-state index contributed by atoms with van der Waals surface area (Å²) in [6.45, 7) is 0.422. The minimum Gasteiger partial charge on any atom is -0.356 e. The third-order valence-electron chi connectivity index (χ3n) is 5.65. The number of H-pyrrole nitrogens is 1. The minimum absolute atomic E-state index is 0.192. The number of nitrogens with zero attached hydrogens (tertiary/aromatic N) is 1. The van der Waals surface area contributed by atoms with E-state index in [0.717, 1.165) is 45.9 Å². The number of benzene rings is 3. The third kappa shape index (κ3) is 3.53. The van der Waals surface area contributed by atoms with E-state index in [2.05, 4.69) is 16.4 Å². The topological polar surface area (TPSA) is 48.1 Å². The maximum Gasteiger partial charge on any atom is 0.322 e. The van der Waals surface area contributed by atoms with E-state index in [1.807, 2.05) is 30.3 Å². The van der Waals surface area contributed by atoms with Crippen molar-refractivity contribution in [3.05, 3.63) is 100 Å². The first kappa shape index (κ1) is 19.6. The van der Waals surface area contributed by atoms with Crippen LogP contribution in [-0.4, -0.2) is 22.5 Å². The second kappa shape index (κ2) is 7.71. The molecule has 4 aromatic rings. The molecule has 4 nitrogen and oxygen atoms in total. The van der Waals surface area contributed by atoms with Crippen LogP contribution in [0.3, 0.4) is 0 Å². The highest BCUT2D eigenvalue weighted by atomic mass is 35.5. The van der Waals surface area contributed by atoms with E-state index in [0.29, 0.717) is 18.0 Å². The number of halogens is 3. The first-order valence-electron chi connectivity index (χ1n) is 9.89. The molecule has 0 saturated carbocycles. The van der Waals surface area contributed by atoms with Crippen LogP contribution < -0.4 is 5.32 Å². The molecule has 7 heteroatoms. The number of anilines is 1. The standard InChI is InChI=1S/C24H18ClF2N3O/c25-15-7-5-14(6-8-15)23-22-18(17-3-1-2-4-20(17)28-22)11-12-30(23)24(31)29-21-13-16(26)9-10-19(21)27/h1-10,13,23,28H,11-12H2,(H,29,31)/t23-/m1/s1. The Balaban J connectivity index is 1.58. The molecule has 1 atom stereocenters. The number of para-hydroxylation sites is 1. The highest BCUT2D eigenvalue weighted by Crippen LogP contribution is 2.39. The monoisotopic (exact) mass is 437 g/mol. The van der Waals surface area contributed by atoms with Crippen LogP contribution in [0.2, 0.25) is 5.02 Å². The lowest BCUT2D eigenvalue weighted by Gasteiger charge is -2.36. The molecule has 2 heterocycles. The van der Waals surface area contributed by atoms with Gasteiger partial charge >= 0.3 is 6.03 Å². The number of rotatable bonds is 2. The van der Waals surface area contributed by atoms with Gasteiger partial charge in [-0.25, -0.2) is 13.6 Å². The van der Waals surface area contributed by atoms with E-state index >= 15 is 0 Å². The van der Waals surface area contributed by atoms with Crippen LogP contribution in [-0.2, 0) is 6.42 Å². The van der Waals surface area contributed by atoms with Gasteiger partial charge in [0.1, 0.15) is 11.6 Å². The number of fused-ring (bicyclic) bond motifs is 3. The molecular weight excluding hydrogens is 420 g/mol. The summed E-state index contributed by atoms with van der Waals surface area (Å²) in [6.07, 6.45) is 0.641. The smallest absolute Gasteiger partial charge is 0.322 e. The van der Waals surface area contributed by atoms with Crippen molar-refractivity contribution in [1.29, 1.82) is 0 Å². The molecule has 31 heavy (non-hydrogen) atoms. The fraction of sp³-hybridized carbons (Fsp3) is 0.125.